The van der Waals surface area contributed by atoms with E-state index < -0.39 is 0 Å². The summed E-state index contributed by atoms with van der Waals surface area (Å²) in [6, 6.07) is 12.8. The summed E-state index contributed by atoms with van der Waals surface area (Å²) >= 11 is 0. The van der Waals surface area contributed by atoms with Crippen LogP contribution in [0.25, 0.3) is 0 Å². The Morgan fingerprint density at radius 3 is 2.25 bits per heavy atom. The summed E-state index contributed by atoms with van der Waals surface area (Å²) in [6.07, 6.45) is 1.23. The average Bonchev–Trinajstić information content (AvgIpc) is 2.53. The molecule has 0 amide bonds. The highest BCUT2D eigenvalue weighted by Crippen LogP contribution is 2.29. The van der Waals surface area contributed by atoms with Gasteiger partial charge in [0.05, 0.1) is 6.54 Å². The van der Waals surface area contributed by atoms with Gasteiger partial charge in [-0.1, -0.05) is 49.7 Å². The van der Waals surface area contributed by atoms with Crippen molar-refractivity contribution < 1.29 is 4.74 Å². The zero-order valence-corrected chi connectivity index (χ0v) is 15.9. The van der Waals surface area contributed by atoms with Crippen LogP contribution in [0.15, 0.2) is 36.4 Å². The molecule has 0 heterocycles. The number of rotatable bonds is 7. The number of aryl methyl sites for hydroxylation is 3. The van der Waals surface area contributed by atoms with E-state index in [4.69, 9.17) is 4.74 Å². The van der Waals surface area contributed by atoms with Crippen molar-refractivity contribution in [2.45, 2.75) is 60.0 Å². The van der Waals surface area contributed by atoms with Crippen molar-refractivity contribution in [3.05, 3.63) is 58.7 Å². The van der Waals surface area contributed by atoms with Gasteiger partial charge >= 0.3 is 0 Å². The molecule has 1 N–H and O–H groups in total. The fourth-order valence-electron chi connectivity index (χ4n) is 3.18. The Bertz CT molecular complexity index is 654. The Hall–Kier alpha value is -1.96. The summed E-state index contributed by atoms with van der Waals surface area (Å²) in [4.78, 5) is 0. The topological polar surface area (TPSA) is 21.3 Å². The summed E-state index contributed by atoms with van der Waals surface area (Å²) in [7, 11) is 0. The first-order valence-electron chi connectivity index (χ1n) is 8.99. The lowest BCUT2D eigenvalue weighted by Gasteiger charge is -2.22. The summed E-state index contributed by atoms with van der Waals surface area (Å²) in [5.41, 5.74) is 6.42. The first kappa shape index (κ1) is 18.4. The third-order valence-corrected chi connectivity index (χ3v) is 4.63. The van der Waals surface area contributed by atoms with Crippen molar-refractivity contribution in [2.24, 2.45) is 0 Å². The summed E-state index contributed by atoms with van der Waals surface area (Å²) in [6.45, 7) is 13.8. The third kappa shape index (κ3) is 4.53. The summed E-state index contributed by atoms with van der Waals surface area (Å²) in [5.74, 6) is 1.53. The Morgan fingerprint density at radius 2 is 1.62 bits per heavy atom. The van der Waals surface area contributed by atoms with Crippen molar-refractivity contribution in [1.29, 1.82) is 0 Å². The molecule has 2 nitrogen and oxygen atoms in total. The molecule has 0 aliphatic heterocycles. The van der Waals surface area contributed by atoms with E-state index in [1.807, 2.05) is 0 Å². The molecule has 2 rings (SSSR count). The van der Waals surface area contributed by atoms with Crippen LogP contribution in [0.5, 0.6) is 5.75 Å². The lowest BCUT2D eigenvalue weighted by Crippen LogP contribution is -2.24. The highest BCUT2D eigenvalue weighted by atomic mass is 16.5. The van der Waals surface area contributed by atoms with Gasteiger partial charge in [0.15, 0.2) is 0 Å². The molecule has 0 spiro atoms. The molecule has 2 unspecified atom stereocenters. The van der Waals surface area contributed by atoms with Crippen LogP contribution in [0.3, 0.4) is 0 Å². The second kappa shape index (κ2) is 8.23. The smallest absolute Gasteiger partial charge is 0.123 e. The van der Waals surface area contributed by atoms with E-state index in [1.54, 1.807) is 0 Å². The monoisotopic (exact) mass is 325 g/mol. The van der Waals surface area contributed by atoms with E-state index >= 15 is 0 Å². The van der Waals surface area contributed by atoms with Gasteiger partial charge < -0.3 is 10.1 Å². The van der Waals surface area contributed by atoms with E-state index in [2.05, 4.69) is 83.3 Å². The van der Waals surface area contributed by atoms with Crippen LogP contribution in [-0.2, 0) is 0 Å². The number of benzene rings is 2. The second-order valence-corrected chi connectivity index (χ2v) is 6.93. The highest BCUT2D eigenvalue weighted by Gasteiger charge is 2.13. The van der Waals surface area contributed by atoms with E-state index in [0.29, 0.717) is 5.92 Å². The number of hydrogen-bond acceptors (Lipinski definition) is 2. The highest BCUT2D eigenvalue weighted by molar-refractivity contribution is 5.58. The molecule has 0 radical (unpaired) electrons. The predicted molar refractivity (Wildman–Crippen MR) is 104 cm³/mol. The third-order valence-electron chi connectivity index (χ3n) is 4.63. The van der Waals surface area contributed by atoms with Crippen LogP contribution in [-0.4, -0.2) is 12.6 Å². The number of nitrogens with one attached hydrogen (secondary N) is 1. The number of hydrogen-bond donors (Lipinski definition) is 1. The molecule has 2 atom stereocenters. The van der Waals surface area contributed by atoms with Crippen LogP contribution >= 0.6 is 0 Å². The quantitative estimate of drug-likeness (QED) is 0.673. The minimum atomic E-state index is 0.107. The number of para-hydroxylation sites is 1. The van der Waals surface area contributed by atoms with E-state index in [9.17, 15) is 0 Å². The second-order valence-electron chi connectivity index (χ2n) is 6.93. The maximum absolute atomic E-state index is 6.23. The van der Waals surface area contributed by atoms with Crippen LogP contribution < -0.4 is 10.1 Å². The molecule has 0 saturated heterocycles. The molecule has 2 aromatic rings. The molecule has 24 heavy (non-hydrogen) atoms. The first-order valence-corrected chi connectivity index (χ1v) is 8.99. The number of anilines is 1. The van der Waals surface area contributed by atoms with Gasteiger partial charge in [-0.25, -0.2) is 0 Å². The maximum Gasteiger partial charge on any atom is 0.123 e. The minimum Gasteiger partial charge on any atom is -0.489 e. The SMILES string of the molecule is CCC(C)c1ccccc1OC(C)CNc1c(C)cc(C)cc1C. The molecule has 130 valence electrons. The van der Waals surface area contributed by atoms with Crippen LogP contribution in [0.1, 0.15) is 55.4 Å². The van der Waals surface area contributed by atoms with E-state index in [-0.39, 0.29) is 6.10 Å². The lowest BCUT2D eigenvalue weighted by atomic mass is 9.98. The van der Waals surface area contributed by atoms with Gasteiger partial charge in [-0.05, 0) is 62.8 Å². The van der Waals surface area contributed by atoms with Crippen LogP contribution in [0, 0.1) is 20.8 Å². The Labute approximate surface area is 147 Å². The lowest BCUT2D eigenvalue weighted by molar-refractivity contribution is 0.231. The van der Waals surface area contributed by atoms with Gasteiger partial charge in [-0.2, -0.15) is 0 Å². The van der Waals surface area contributed by atoms with Crippen LogP contribution in [0.4, 0.5) is 5.69 Å². The average molecular weight is 325 g/mol. The summed E-state index contributed by atoms with van der Waals surface area (Å²) < 4.78 is 6.23. The van der Waals surface area contributed by atoms with Crippen molar-refractivity contribution in [3.63, 3.8) is 0 Å². The van der Waals surface area contributed by atoms with Gasteiger partial charge in [-0.3, -0.25) is 0 Å². The molecule has 0 aromatic heterocycles. The van der Waals surface area contributed by atoms with Gasteiger partial charge in [0.25, 0.3) is 0 Å². The van der Waals surface area contributed by atoms with Gasteiger partial charge in [-0.15, -0.1) is 0 Å². The largest absolute Gasteiger partial charge is 0.489 e. The summed E-state index contributed by atoms with van der Waals surface area (Å²) in [5, 5.41) is 3.57. The van der Waals surface area contributed by atoms with Crippen molar-refractivity contribution >= 4 is 5.69 Å². The van der Waals surface area contributed by atoms with Gasteiger partial charge in [0.2, 0.25) is 0 Å². The number of ether oxygens (including phenoxy) is 1. The fourth-order valence-corrected chi connectivity index (χ4v) is 3.18. The zero-order valence-electron chi connectivity index (χ0n) is 15.9. The molecular weight excluding hydrogens is 294 g/mol. The van der Waals surface area contributed by atoms with E-state index in [0.717, 1.165) is 18.7 Å². The molecule has 0 bridgehead atoms. The first-order chi connectivity index (χ1) is 11.4. The molecular formula is C22H31NO. The molecule has 0 saturated carbocycles. The molecule has 2 aromatic carbocycles. The van der Waals surface area contributed by atoms with Crippen molar-refractivity contribution in [2.75, 3.05) is 11.9 Å². The van der Waals surface area contributed by atoms with Gasteiger partial charge in [0, 0.05) is 5.69 Å². The molecule has 0 aliphatic rings. The standard InChI is InChI=1S/C22H31NO/c1-7-16(3)20-10-8-9-11-21(20)24-19(6)14-23-22-17(4)12-15(2)13-18(22)5/h8-13,16,19,23H,7,14H2,1-6H3. The zero-order chi connectivity index (χ0) is 17.7. The Morgan fingerprint density at radius 1 is 1.00 bits per heavy atom. The Kier molecular flexibility index (Phi) is 6.30. The molecule has 0 fully saturated rings. The predicted octanol–water partition coefficient (Wildman–Crippen LogP) is 6.00. The van der Waals surface area contributed by atoms with Gasteiger partial charge in [0.1, 0.15) is 11.9 Å². The maximum atomic E-state index is 6.23. The van der Waals surface area contributed by atoms with Crippen molar-refractivity contribution in [3.8, 4) is 5.75 Å². The fraction of sp³-hybridized carbons (Fsp3) is 0.455. The normalized spacial score (nSPS) is 13.4. The van der Waals surface area contributed by atoms with Crippen molar-refractivity contribution in [1.82, 2.24) is 0 Å². The minimum absolute atomic E-state index is 0.107. The molecule has 0 aliphatic carbocycles. The van der Waals surface area contributed by atoms with E-state index in [1.165, 1.54) is 27.9 Å². The van der Waals surface area contributed by atoms with Crippen LogP contribution in [0.2, 0.25) is 0 Å². The molecule has 2 heteroatoms. The Balaban J connectivity index is 2.04.